The van der Waals surface area contributed by atoms with Gasteiger partial charge in [-0.2, -0.15) is 0 Å². The Morgan fingerprint density at radius 3 is 2.83 bits per heavy atom. The van der Waals surface area contributed by atoms with E-state index in [1.165, 1.54) is 24.8 Å². The van der Waals surface area contributed by atoms with E-state index in [9.17, 15) is 0 Å². The Morgan fingerprint density at radius 1 is 1.08 bits per heavy atom. The van der Waals surface area contributed by atoms with Gasteiger partial charge < -0.3 is 4.52 Å². The van der Waals surface area contributed by atoms with E-state index in [1.807, 2.05) is 36.7 Å². The molecule has 0 saturated carbocycles. The number of likely N-dealkylation sites (tertiary alicyclic amines) is 1. The fraction of sp³-hybridized carbons (Fsp3) is 0.300. The molecule has 3 heterocycles. The van der Waals surface area contributed by atoms with E-state index >= 15 is 0 Å². The van der Waals surface area contributed by atoms with E-state index < -0.39 is 0 Å². The van der Waals surface area contributed by atoms with Crippen LogP contribution in [0, 0.1) is 0 Å². The molecule has 1 aliphatic rings. The van der Waals surface area contributed by atoms with E-state index in [4.69, 9.17) is 4.52 Å². The minimum Gasteiger partial charge on any atom is -0.359 e. The van der Waals surface area contributed by atoms with Gasteiger partial charge >= 0.3 is 0 Å². The van der Waals surface area contributed by atoms with E-state index in [2.05, 4.69) is 39.3 Å². The first-order valence-electron chi connectivity index (χ1n) is 8.55. The van der Waals surface area contributed by atoms with Crippen molar-refractivity contribution in [1.29, 1.82) is 0 Å². The average molecular weight is 319 g/mol. The van der Waals surface area contributed by atoms with Gasteiger partial charge in [-0.1, -0.05) is 48.0 Å². The molecule has 1 aromatic carbocycles. The zero-order valence-electron chi connectivity index (χ0n) is 13.6. The Hall–Kier alpha value is -2.46. The second kappa shape index (κ2) is 6.97. The van der Waals surface area contributed by atoms with Crippen LogP contribution in [0.2, 0.25) is 0 Å². The zero-order chi connectivity index (χ0) is 16.2. The molecule has 1 fully saturated rings. The van der Waals surface area contributed by atoms with Crippen molar-refractivity contribution in [1.82, 2.24) is 15.0 Å². The summed E-state index contributed by atoms with van der Waals surface area (Å²) >= 11 is 0. The summed E-state index contributed by atoms with van der Waals surface area (Å²) in [6.45, 7) is 1.88. The predicted octanol–water partition coefficient (Wildman–Crippen LogP) is 4.46. The Bertz CT molecular complexity index is 770. The zero-order valence-corrected chi connectivity index (χ0v) is 13.6. The Kier molecular flexibility index (Phi) is 4.38. The molecule has 0 radical (unpaired) electrons. The van der Waals surface area contributed by atoms with Gasteiger partial charge in [-0.3, -0.25) is 9.88 Å². The lowest BCUT2D eigenvalue weighted by Crippen LogP contribution is -2.32. The number of benzene rings is 1. The summed E-state index contributed by atoms with van der Waals surface area (Å²) in [4.78, 5) is 6.76. The average Bonchev–Trinajstić information content (AvgIpc) is 3.12. The summed E-state index contributed by atoms with van der Waals surface area (Å²) in [5.41, 5.74) is 3.29. The van der Waals surface area contributed by atoms with Crippen LogP contribution >= 0.6 is 0 Å². The smallest absolute Gasteiger partial charge is 0.151 e. The second-order valence-electron chi connectivity index (χ2n) is 6.31. The number of nitrogens with zero attached hydrogens (tertiary/aromatic N) is 3. The van der Waals surface area contributed by atoms with Crippen LogP contribution in [-0.4, -0.2) is 21.6 Å². The van der Waals surface area contributed by atoms with Crippen LogP contribution < -0.4 is 0 Å². The van der Waals surface area contributed by atoms with Crippen LogP contribution in [0.5, 0.6) is 0 Å². The van der Waals surface area contributed by atoms with E-state index in [-0.39, 0.29) is 0 Å². The van der Waals surface area contributed by atoms with Gasteiger partial charge in [0.2, 0.25) is 0 Å². The quantitative estimate of drug-likeness (QED) is 0.712. The number of rotatable bonds is 4. The number of hydrogen-bond acceptors (Lipinski definition) is 4. The van der Waals surface area contributed by atoms with Crippen LogP contribution in [0.4, 0.5) is 0 Å². The van der Waals surface area contributed by atoms with Crippen molar-refractivity contribution >= 4 is 0 Å². The highest BCUT2D eigenvalue weighted by Crippen LogP contribution is 2.32. The summed E-state index contributed by atoms with van der Waals surface area (Å²) < 4.78 is 5.60. The van der Waals surface area contributed by atoms with Crippen molar-refractivity contribution in [2.75, 3.05) is 6.54 Å². The molecule has 0 amide bonds. The van der Waals surface area contributed by atoms with E-state index in [1.54, 1.807) is 0 Å². The van der Waals surface area contributed by atoms with Gasteiger partial charge in [0, 0.05) is 30.1 Å². The molecule has 1 atom stereocenters. The van der Waals surface area contributed by atoms with Crippen LogP contribution in [0.3, 0.4) is 0 Å². The number of aromatic nitrogens is 2. The number of pyridine rings is 1. The first-order valence-corrected chi connectivity index (χ1v) is 8.55. The van der Waals surface area contributed by atoms with Crippen molar-refractivity contribution in [3.8, 4) is 11.3 Å². The van der Waals surface area contributed by atoms with Crippen molar-refractivity contribution in [2.45, 2.75) is 31.8 Å². The lowest BCUT2D eigenvalue weighted by atomic mass is 9.96. The first-order chi connectivity index (χ1) is 11.9. The third-order valence-electron chi connectivity index (χ3n) is 4.67. The highest BCUT2D eigenvalue weighted by molar-refractivity contribution is 5.58. The minimum atomic E-state index is 0.415. The van der Waals surface area contributed by atoms with Gasteiger partial charge in [-0.25, -0.2) is 0 Å². The highest BCUT2D eigenvalue weighted by Gasteiger charge is 2.25. The van der Waals surface area contributed by atoms with Crippen molar-refractivity contribution in [3.63, 3.8) is 0 Å². The minimum absolute atomic E-state index is 0.415. The SMILES string of the molecule is c1ccc(-c2cc(CN3CCCC[C@H]3c3cccnc3)on2)cc1. The Balaban J connectivity index is 1.52. The fourth-order valence-corrected chi connectivity index (χ4v) is 3.46. The number of hydrogen-bond donors (Lipinski definition) is 0. The van der Waals surface area contributed by atoms with Crippen LogP contribution in [0.1, 0.15) is 36.6 Å². The fourth-order valence-electron chi connectivity index (χ4n) is 3.46. The molecule has 2 aromatic heterocycles. The lowest BCUT2D eigenvalue weighted by molar-refractivity contribution is 0.126. The maximum Gasteiger partial charge on any atom is 0.151 e. The Morgan fingerprint density at radius 2 is 2.00 bits per heavy atom. The third kappa shape index (κ3) is 3.24. The predicted molar refractivity (Wildman–Crippen MR) is 93.2 cm³/mol. The molecule has 3 aromatic rings. The maximum absolute atomic E-state index is 5.60. The van der Waals surface area contributed by atoms with Gasteiger partial charge in [0.1, 0.15) is 5.69 Å². The summed E-state index contributed by atoms with van der Waals surface area (Å²) in [7, 11) is 0. The molecule has 122 valence electrons. The van der Waals surface area contributed by atoms with Gasteiger partial charge in [0.15, 0.2) is 5.76 Å². The van der Waals surface area contributed by atoms with Gasteiger partial charge in [-0.05, 0) is 31.0 Å². The summed E-state index contributed by atoms with van der Waals surface area (Å²) in [6, 6.07) is 16.8. The molecule has 4 nitrogen and oxygen atoms in total. The first kappa shape index (κ1) is 15.1. The van der Waals surface area contributed by atoms with Crippen LogP contribution in [-0.2, 0) is 6.54 Å². The second-order valence-corrected chi connectivity index (χ2v) is 6.31. The largest absolute Gasteiger partial charge is 0.359 e. The van der Waals surface area contributed by atoms with Gasteiger partial charge in [-0.15, -0.1) is 0 Å². The summed E-state index contributed by atoms with van der Waals surface area (Å²) in [5, 5.41) is 4.24. The third-order valence-corrected chi connectivity index (χ3v) is 4.67. The van der Waals surface area contributed by atoms with Crippen LogP contribution in [0.25, 0.3) is 11.3 Å². The van der Waals surface area contributed by atoms with Gasteiger partial charge in [0.05, 0.1) is 6.54 Å². The Labute approximate surface area is 142 Å². The topological polar surface area (TPSA) is 42.2 Å². The molecule has 0 N–H and O–H groups in total. The molecule has 1 saturated heterocycles. The normalized spacial score (nSPS) is 18.6. The molecular formula is C20H21N3O. The molecule has 4 heteroatoms. The summed E-state index contributed by atoms with van der Waals surface area (Å²) in [5.74, 6) is 0.921. The molecule has 0 aliphatic carbocycles. The lowest BCUT2D eigenvalue weighted by Gasteiger charge is -2.35. The highest BCUT2D eigenvalue weighted by atomic mass is 16.5. The monoisotopic (exact) mass is 319 g/mol. The van der Waals surface area contributed by atoms with Crippen molar-refractivity contribution < 1.29 is 4.52 Å². The molecule has 0 bridgehead atoms. The maximum atomic E-state index is 5.60. The van der Waals surface area contributed by atoms with Crippen molar-refractivity contribution in [3.05, 3.63) is 72.2 Å². The molecule has 24 heavy (non-hydrogen) atoms. The van der Waals surface area contributed by atoms with Crippen LogP contribution in [0.15, 0.2) is 65.4 Å². The van der Waals surface area contributed by atoms with Gasteiger partial charge in [0.25, 0.3) is 0 Å². The van der Waals surface area contributed by atoms with E-state index in [0.717, 1.165) is 30.1 Å². The molecule has 0 spiro atoms. The number of piperidine rings is 1. The summed E-state index contributed by atoms with van der Waals surface area (Å²) in [6.07, 6.45) is 7.49. The molecule has 0 unspecified atom stereocenters. The van der Waals surface area contributed by atoms with E-state index in [0.29, 0.717) is 6.04 Å². The van der Waals surface area contributed by atoms with Crippen molar-refractivity contribution in [2.24, 2.45) is 0 Å². The molecular weight excluding hydrogens is 298 g/mol. The molecule has 4 rings (SSSR count). The standard InChI is InChI=1S/C20H21N3O/c1-2-7-16(8-3-1)19-13-18(24-22-19)15-23-12-5-4-10-20(23)17-9-6-11-21-14-17/h1-3,6-9,11,13-14,20H,4-5,10,12,15H2/t20-/m0/s1. The molecule has 1 aliphatic heterocycles.